The van der Waals surface area contributed by atoms with Crippen molar-refractivity contribution in [3.8, 4) is 0 Å². The molecule has 0 bridgehead atoms. The molecule has 0 atom stereocenters. The normalized spacial score (nSPS) is 11.5. The van der Waals surface area contributed by atoms with E-state index in [0.717, 1.165) is 5.56 Å². The van der Waals surface area contributed by atoms with Crippen LogP contribution in [0.15, 0.2) is 28.1 Å². The van der Waals surface area contributed by atoms with Crippen LogP contribution < -0.4 is 11.0 Å². The van der Waals surface area contributed by atoms with E-state index in [2.05, 4.69) is 25.7 Å². The van der Waals surface area contributed by atoms with Gasteiger partial charge < -0.3 is 0 Å². The summed E-state index contributed by atoms with van der Waals surface area (Å²) in [4.78, 5) is 13.9. The van der Waals surface area contributed by atoms with E-state index in [1.807, 2.05) is 0 Å². The number of aromatic nitrogens is 3. The molecule has 0 unspecified atom stereocenters. The second-order valence-corrected chi connectivity index (χ2v) is 4.84. The summed E-state index contributed by atoms with van der Waals surface area (Å²) < 4.78 is 0. The predicted molar refractivity (Wildman–Crippen MR) is 79.7 cm³/mol. The molecule has 104 valence electrons. The maximum Gasteiger partial charge on any atom is 0.274 e. The van der Waals surface area contributed by atoms with Crippen molar-refractivity contribution in [1.82, 2.24) is 15.2 Å². The Labute approximate surface area is 124 Å². The molecule has 1 aromatic heterocycles. The molecule has 2 rings (SSSR count). The molecule has 0 radical (unpaired) electrons. The molecule has 0 aliphatic rings. The van der Waals surface area contributed by atoms with Crippen molar-refractivity contribution in [3.63, 3.8) is 0 Å². The Morgan fingerprint density at radius 3 is 2.70 bits per heavy atom. The van der Waals surface area contributed by atoms with Crippen molar-refractivity contribution in [2.45, 2.75) is 13.8 Å². The fourth-order valence-electron chi connectivity index (χ4n) is 1.37. The molecule has 0 amide bonds. The van der Waals surface area contributed by atoms with Crippen molar-refractivity contribution in [2.75, 3.05) is 5.43 Å². The van der Waals surface area contributed by atoms with Crippen LogP contribution in [0.1, 0.15) is 18.2 Å². The van der Waals surface area contributed by atoms with E-state index < -0.39 is 0 Å². The van der Waals surface area contributed by atoms with Crippen LogP contribution >= 0.6 is 23.2 Å². The lowest BCUT2D eigenvalue weighted by molar-refractivity contribution is 0.897. The molecule has 0 aliphatic carbocycles. The summed E-state index contributed by atoms with van der Waals surface area (Å²) in [7, 11) is 0. The zero-order chi connectivity index (χ0) is 14.7. The summed E-state index contributed by atoms with van der Waals surface area (Å²) >= 11 is 11.8. The predicted octanol–water partition coefficient (Wildman–Crippen LogP) is 2.62. The summed E-state index contributed by atoms with van der Waals surface area (Å²) in [6, 6.07) is 5.18. The molecule has 6 nitrogen and oxygen atoms in total. The zero-order valence-electron chi connectivity index (χ0n) is 10.7. The molecule has 1 aromatic carbocycles. The van der Waals surface area contributed by atoms with Gasteiger partial charge in [-0.1, -0.05) is 29.3 Å². The average molecular weight is 312 g/mol. The molecule has 2 N–H and O–H groups in total. The molecule has 0 saturated carbocycles. The Balaban J connectivity index is 2.19. The standard InChI is InChI=1S/C12H11Cl2N5O/c1-6(8-3-4-9(13)10(14)5-8)16-18-12-15-11(20)7(2)17-19-12/h3-5H,1-2H3,(H2,15,18,19,20)/b16-6-. The summed E-state index contributed by atoms with van der Waals surface area (Å²) in [5.41, 5.74) is 4.06. The van der Waals surface area contributed by atoms with Crippen LogP contribution in [0.4, 0.5) is 5.95 Å². The van der Waals surface area contributed by atoms with Crippen LogP contribution in [-0.2, 0) is 0 Å². The number of hydrogen-bond donors (Lipinski definition) is 2. The fraction of sp³-hybridized carbons (Fsp3) is 0.167. The van der Waals surface area contributed by atoms with Crippen LogP contribution in [0.2, 0.25) is 10.0 Å². The number of aryl methyl sites for hydroxylation is 1. The molecule has 8 heteroatoms. The van der Waals surface area contributed by atoms with Gasteiger partial charge in [0.05, 0.1) is 15.8 Å². The maximum atomic E-state index is 11.4. The second-order valence-electron chi connectivity index (χ2n) is 4.03. The minimum atomic E-state index is -0.315. The highest BCUT2D eigenvalue weighted by Gasteiger charge is 2.03. The number of hydrazone groups is 1. The number of halogens is 2. The molecular weight excluding hydrogens is 301 g/mol. The number of nitrogens with zero attached hydrogens (tertiary/aromatic N) is 3. The van der Waals surface area contributed by atoms with Gasteiger partial charge in [0.1, 0.15) is 5.69 Å². The van der Waals surface area contributed by atoms with Crippen LogP contribution in [0.5, 0.6) is 0 Å². The van der Waals surface area contributed by atoms with Crippen molar-refractivity contribution < 1.29 is 0 Å². The van der Waals surface area contributed by atoms with Gasteiger partial charge in [-0.2, -0.15) is 5.10 Å². The van der Waals surface area contributed by atoms with Crippen molar-refractivity contribution in [1.29, 1.82) is 0 Å². The van der Waals surface area contributed by atoms with E-state index in [9.17, 15) is 4.79 Å². The van der Waals surface area contributed by atoms with Crippen LogP contribution in [0.25, 0.3) is 0 Å². The Bertz CT molecular complexity index is 726. The van der Waals surface area contributed by atoms with Gasteiger partial charge in [-0.15, -0.1) is 10.2 Å². The van der Waals surface area contributed by atoms with Gasteiger partial charge in [-0.25, -0.2) is 5.43 Å². The second kappa shape index (κ2) is 6.02. The molecule has 0 fully saturated rings. The molecule has 20 heavy (non-hydrogen) atoms. The zero-order valence-corrected chi connectivity index (χ0v) is 12.2. The van der Waals surface area contributed by atoms with E-state index in [1.165, 1.54) is 0 Å². The number of rotatable bonds is 3. The van der Waals surface area contributed by atoms with Gasteiger partial charge in [0.2, 0.25) is 5.95 Å². The Morgan fingerprint density at radius 2 is 2.05 bits per heavy atom. The number of H-pyrrole nitrogens is 1. The van der Waals surface area contributed by atoms with Gasteiger partial charge in [0, 0.05) is 0 Å². The lowest BCUT2D eigenvalue weighted by Gasteiger charge is -2.04. The highest BCUT2D eigenvalue weighted by Crippen LogP contribution is 2.22. The minimum absolute atomic E-state index is 0.167. The highest BCUT2D eigenvalue weighted by molar-refractivity contribution is 6.42. The van der Waals surface area contributed by atoms with Crippen LogP contribution in [0.3, 0.4) is 0 Å². The summed E-state index contributed by atoms with van der Waals surface area (Å²) in [6.07, 6.45) is 0. The van der Waals surface area contributed by atoms with Gasteiger partial charge in [0.15, 0.2) is 0 Å². The number of benzene rings is 1. The van der Waals surface area contributed by atoms with Gasteiger partial charge in [-0.05, 0) is 31.5 Å². The Kier molecular flexibility index (Phi) is 4.36. The van der Waals surface area contributed by atoms with Crippen LogP contribution in [-0.4, -0.2) is 20.9 Å². The number of anilines is 1. The molecule has 0 spiro atoms. The first-order valence-corrected chi connectivity index (χ1v) is 6.42. The first-order chi connectivity index (χ1) is 9.47. The summed E-state index contributed by atoms with van der Waals surface area (Å²) in [6.45, 7) is 3.35. The lowest BCUT2D eigenvalue weighted by Crippen LogP contribution is -2.16. The molecule has 0 saturated heterocycles. The van der Waals surface area contributed by atoms with E-state index in [-0.39, 0.29) is 11.5 Å². The van der Waals surface area contributed by atoms with E-state index in [1.54, 1.807) is 32.0 Å². The SMILES string of the molecule is C/C(=N/Nc1nnc(C)c(=O)[nH]1)c1ccc(Cl)c(Cl)c1. The third kappa shape index (κ3) is 3.34. The lowest BCUT2D eigenvalue weighted by atomic mass is 10.1. The highest BCUT2D eigenvalue weighted by atomic mass is 35.5. The Hall–Kier alpha value is -1.92. The summed E-state index contributed by atoms with van der Waals surface area (Å²) in [5, 5.41) is 12.5. The molecule has 0 aliphatic heterocycles. The van der Waals surface area contributed by atoms with Crippen molar-refractivity contribution >= 4 is 34.9 Å². The van der Waals surface area contributed by atoms with Crippen LogP contribution in [0, 0.1) is 6.92 Å². The van der Waals surface area contributed by atoms with E-state index in [4.69, 9.17) is 23.2 Å². The monoisotopic (exact) mass is 311 g/mol. The summed E-state index contributed by atoms with van der Waals surface area (Å²) in [5.74, 6) is 0.167. The number of aromatic amines is 1. The average Bonchev–Trinajstić information content (AvgIpc) is 2.43. The van der Waals surface area contributed by atoms with E-state index >= 15 is 0 Å². The van der Waals surface area contributed by atoms with Gasteiger partial charge in [0.25, 0.3) is 5.56 Å². The third-order valence-corrected chi connectivity index (χ3v) is 3.27. The van der Waals surface area contributed by atoms with Gasteiger partial charge in [-0.3, -0.25) is 9.78 Å². The molecule has 1 heterocycles. The quantitative estimate of drug-likeness (QED) is 0.674. The Morgan fingerprint density at radius 1 is 1.30 bits per heavy atom. The third-order valence-electron chi connectivity index (χ3n) is 2.53. The maximum absolute atomic E-state index is 11.4. The first-order valence-electron chi connectivity index (χ1n) is 5.66. The van der Waals surface area contributed by atoms with Gasteiger partial charge >= 0.3 is 0 Å². The number of nitrogens with one attached hydrogen (secondary N) is 2. The topological polar surface area (TPSA) is 83.0 Å². The molecule has 2 aromatic rings. The van der Waals surface area contributed by atoms with Crippen molar-refractivity contribution in [3.05, 3.63) is 49.9 Å². The first kappa shape index (κ1) is 14.5. The largest absolute Gasteiger partial charge is 0.288 e. The smallest absolute Gasteiger partial charge is 0.274 e. The fourth-order valence-corrected chi connectivity index (χ4v) is 1.66. The minimum Gasteiger partial charge on any atom is -0.288 e. The van der Waals surface area contributed by atoms with E-state index in [0.29, 0.717) is 21.5 Å². The van der Waals surface area contributed by atoms with Crippen molar-refractivity contribution in [2.24, 2.45) is 5.10 Å². The number of hydrogen-bond acceptors (Lipinski definition) is 5. The molecular formula is C12H11Cl2N5O.